The molecule has 13 nitrogen and oxygen atoms in total. The average molecular weight is 622 g/mol. The number of anilines is 2. The Morgan fingerprint density at radius 2 is 1.80 bits per heavy atom. The molecule has 1 aromatic carbocycles. The molecule has 1 fully saturated rings. The smallest absolute Gasteiger partial charge is 0.285 e. The summed E-state index contributed by atoms with van der Waals surface area (Å²) in [6.07, 6.45) is 5.97. The zero-order chi connectivity index (χ0) is 32.2. The minimum atomic E-state index is -1.41. The van der Waals surface area contributed by atoms with Crippen molar-refractivity contribution < 1.29 is 14.7 Å². The van der Waals surface area contributed by atoms with Gasteiger partial charge < -0.3 is 21.1 Å². The van der Waals surface area contributed by atoms with Gasteiger partial charge in [-0.05, 0) is 75.4 Å². The lowest BCUT2D eigenvalue weighted by atomic mass is 9.92. The summed E-state index contributed by atoms with van der Waals surface area (Å²) in [4.78, 5) is 49.8. The number of carbonyl (C=O) groups is 2. The lowest BCUT2D eigenvalue weighted by Gasteiger charge is -2.35. The predicted octanol–water partition coefficient (Wildman–Crippen LogP) is 3.00. The maximum atomic E-state index is 13.5. The number of hydrogen-bond acceptors (Lipinski definition) is 8. The van der Waals surface area contributed by atoms with Crippen LogP contribution in [0.3, 0.4) is 0 Å². The highest BCUT2D eigenvalue weighted by molar-refractivity contribution is 6.05. The number of likely N-dealkylation sites (tertiary alicyclic amines) is 1. The number of rotatable bonds is 6. The van der Waals surface area contributed by atoms with E-state index in [1.807, 2.05) is 27.4 Å². The summed E-state index contributed by atoms with van der Waals surface area (Å²) in [5, 5.41) is 17.6. The van der Waals surface area contributed by atoms with Crippen molar-refractivity contribution in [3.8, 4) is 16.9 Å². The molecular weight excluding hydrogens is 586 g/mol. The van der Waals surface area contributed by atoms with Crippen molar-refractivity contribution in [3.05, 3.63) is 88.4 Å². The molecule has 46 heavy (non-hydrogen) atoms. The minimum absolute atomic E-state index is 0.124. The van der Waals surface area contributed by atoms with E-state index >= 15 is 0 Å². The van der Waals surface area contributed by atoms with Gasteiger partial charge in [-0.15, -0.1) is 0 Å². The molecule has 13 heteroatoms. The SMILES string of the molecule is CC(C)(O)C(=O)N1CCC(c2cc(-c3ccc(NC(=O)c4c5n(n(-c6ccccn6)c4=O)CCC5)cc3)c3c(N)ncnn23)CC1. The maximum Gasteiger partial charge on any atom is 0.285 e. The van der Waals surface area contributed by atoms with Crippen molar-refractivity contribution in [3.63, 3.8) is 0 Å². The molecular formula is C33H35N9O4. The number of nitrogens with two attached hydrogens (primary N) is 1. The predicted molar refractivity (Wildman–Crippen MR) is 172 cm³/mol. The molecule has 4 N–H and O–H groups in total. The van der Waals surface area contributed by atoms with Gasteiger partial charge in [0, 0.05) is 48.7 Å². The van der Waals surface area contributed by atoms with E-state index in [-0.39, 0.29) is 22.9 Å². The van der Waals surface area contributed by atoms with Gasteiger partial charge in [0.2, 0.25) is 0 Å². The molecule has 0 saturated carbocycles. The van der Waals surface area contributed by atoms with Gasteiger partial charge >= 0.3 is 0 Å². The van der Waals surface area contributed by atoms with E-state index in [0.717, 1.165) is 23.2 Å². The molecule has 0 unspecified atom stereocenters. The first-order valence-corrected chi connectivity index (χ1v) is 15.4. The van der Waals surface area contributed by atoms with Crippen molar-refractivity contribution >= 4 is 28.8 Å². The van der Waals surface area contributed by atoms with Crippen LogP contribution in [0.15, 0.2) is 65.8 Å². The minimum Gasteiger partial charge on any atom is -0.382 e. The third-order valence-electron chi connectivity index (χ3n) is 8.91. The molecule has 0 bridgehead atoms. The first-order valence-electron chi connectivity index (χ1n) is 15.4. The Morgan fingerprint density at radius 1 is 1.04 bits per heavy atom. The summed E-state index contributed by atoms with van der Waals surface area (Å²) in [6.45, 7) is 4.72. The molecule has 2 amide bonds. The summed E-state index contributed by atoms with van der Waals surface area (Å²) in [7, 11) is 0. The Labute approximate surface area is 264 Å². The van der Waals surface area contributed by atoms with Crippen LogP contribution in [-0.2, 0) is 17.8 Å². The lowest BCUT2D eigenvalue weighted by molar-refractivity contribution is -0.148. The van der Waals surface area contributed by atoms with Crippen LogP contribution in [0.4, 0.5) is 11.5 Å². The van der Waals surface area contributed by atoms with Gasteiger partial charge in [0.15, 0.2) is 11.6 Å². The van der Waals surface area contributed by atoms with Gasteiger partial charge in [-0.2, -0.15) is 9.78 Å². The van der Waals surface area contributed by atoms with Gasteiger partial charge in [0.05, 0.1) is 5.69 Å². The number of hydrogen-bond donors (Lipinski definition) is 3. The summed E-state index contributed by atoms with van der Waals surface area (Å²) in [5.74, 6) is 0.219. The zero-order valence-corrected chi connectivity index (χ0v) is 25.7. The van der Waals surface area contributed by atoms with E-state index in [4.69, 9.17) is 5.73 Å². The van der Waals surface area contributed by atoms with Crippen LogP contribution in [0, 0.1) is 0 Å². The summed E-state index contributed by atoms with van der Waals surface area (Å²) in [5.41, 5.74) is 9.33. The molecule has 7 rings (SSSR count). The molecule has 4 aromatic heterocycles. The van der Waals surface area contributed by atoms with Crippen LogP contribution in [0.2, 0.25) is 0 Å². The molecule has 2 aliphatic rings. The first-order chi connectivity index (χ1) is 22.1. The Morgan fingerprint density at radius 3 is 2.50 bits per heavy atom. The second-order valence-electron chi connectivity index (χ2n) is 12.4. The average Bonchev–Trinajstić information content (AvgIpc) is 3.74. The van der Waals surface area contributed by atoms with Crippen LogP contribution >= 0.6 is 0 Å². The Hall–Kier alpha value is -5.30. The number of aromatic nitrogens is 6. The van der Waals surface area contributed by atoms with E-state index in [2.05, 4.69) is 26.4 Å². The summed E-state index contributed by atoms with van der Waals surface area (Å²) in [6, 6.07) is 14.8. The highest BCUT2D eigenvalue weighted by atomic mass is 16.3. The third-order valence-corrected chi connectivity index (χ3v) is 8.91. The fourth-order valence-electron chi connectivity index (χ4n) is 6.70. The van der Waals surface area contributed by atoms with Crippen molar-refractivity contribution in [2.75, 3.05) is 24.1 Å². The summed E-state index contributed by atoms with van der Waals surface area (Å²) < 4.78 is 5.16. The normalized spacial score (nSPS) is 15.3. The second kappa shape index (κ2) is 11.2. The van der Waals surface area contributed by atoms with Crippen molar-refractivity contribution in [1.29, 1.82) is 0 Å². The molecule has 0 aliphatic carbocycles. The second-order valence-corrected chi connectivity index (χ2v) is 12.4. The number of benzene rings is 1. The lowest BCUT2D eigenvalue weighted by Crippen LogP contribution is -2.48. The number of pyridine rings is 1. The number of carbonyl (C=O) groups excluding carboxylic acids is 2. The Balaban J connectivity index is 1.14. The molecule has 6 heterocycles. The largest absolute Gasteiger partial charge is 0.382 e. The monoisotopic (exact) mass is 621 g/mol. The van der Waals surface area contributed by atoms with Crippen LogP contribution in [0.25, 0.3) is 22.5 Å². The number of amides is 2. The van der Waals surface area contributed by atoms with Gasteiger partial charge in [-0.1, -0.05) is 18.2 Å². The molecule has 236 valence electrons. The number of aliphatic hydroxyl groups is 1. The van der Waals surface area contributed by atoms with E-state index < -0.39 is 11.5 Å². The molecule has 0 atom stereocenters. The van der Waals surface area contributed by atoms with Crippen molar-refractivity contribution in [2.45, 2.75) is 57.6 Å². The third kappa shape index (κ3) is 5.02. The maximum absolute atomic E-state index is 13.5. The number of nitrogens with one attached hydrogen (secondary N) is 1. The van der Waals surface area contributed by atoms with Crippen LogP contribution in [0.1, 0.15) is 60.8 Å². The Bertz CT molecular complexity index is 2010. The fourth-order valence-corrected chi connectivity index (χ4v) is 6.70. The first kappa shape index (κ1) is 29.4. The van der Waals surface area contributed by atoms with Crippen LogP contribution in [-0.4, -0.2) is 69.5 Å². The highest BCUT2D eigenvalue weighted by Gasteiger charge is 2.34. The molecule has 0 radical (unpaired) electrons. The van der Waals surface area contributed by atoms with Gasteiger partial charge in [0.1, 0.15) is 23.0 Å². The van der Waals surface area contributed by atoms with E-state index in [0.29, 0.717) is 67.4 Å². The summed E-state index contributed by atoms with van der Waals surface area (Å²) >= 11 is 0. The highest BCUT2D eigenvalue weighted by Crippen LogP contribution is 2.37. The van der Waals surface area contributed by atoms with Crippen molar-refractivity contribution in [2.24, 2.45) is 0 Å². The Kier molecular flexibility index (Phi) is 7.19. The molecule has 1 saturated heterocycles. The number of nitrogens with zero attached hydrogens (tertiary/aromatic N) is 7. The number of piperidine rings is 1. The molecule has 5 aromatic rings. The standard InChI is InChI=1S/C33H35N9O4/c1-33(2,46)32(45)39-16-12-21(13-17-39)25-18-23(28-29(34)36-19-37-41(25)28)20-8-10-22(11-9-20)38-30(43)27-24-6-5-15-40(24)42(31(27)44)26-7-3-4-14-35-26/h3-4,7-11,14,18-19,21,46H,5-6,12-13,15-17H2,1-2H3,(H,38,43)(H2,34,36,37). The van der Waals surface area contributed by atoms with E-state index in [1.165, 1.54) is 24.9 Å². The van der Waals surface area contributed by atoms with Gasteiger partial charge in [-0.3, -0.25) is 19.1 Å². The van der Waals surface area contributed by atoms with Gasteiger partial charge in [0.25, 0.3) is 17.4 Å². The van der Waals surface area contributed by atoms with Gasteiger partial charge in [-0.25, -0.2) is 14.5 Å². The molecule has 0 spiro atoms. The van der Waals surface area contributed by atoms with E-state index in [9.17, 15) is 19.5 Å². The number of nitrogen functional groups attached to an aromatic ring is 1. The molecule has 2 aliphatic heterocycles. The zero-order valence-electron chi connectivity index (χ0n) is 25.7. The van der Waals surface area contributed by atoms with E-state index in [1.54, 1.807) is 35.4 Å². The van der Waals surface area contributed by atoms with Crippen LogP contribution in [0.5, 0.6) is 0 Å². The fraction of sp³-hybridized carbons (Fsp3) is 0.333. The van der Waals surface area contributed by atoms with Crippen LogP contribution < -0.4 is 16.6 Å². The topological polar surface area (TPSA) is 166 Å². The van der Waals surface area contributed by atoms with Crippen molar-refractivity contribution in [1.82, 2.24) is 33.8 Å². The quantitative estimate of drug-likeness (QED) is 0.260. The number of fused-ring (bicyclic) bond motifs is 2.